The van der Waals surface area contributed by atoms with E-state index >= 15 is 0 Å². The summed E-state index contributed by atoms with van der Waals surface area (Å²) in [5, 5.41) is 2.74. The van der Waals surface area contributed by atoms with Crippen molar-refractivity contribution in [1.29, 1.82) is 0 Å². The van der Waals surface area contributed by atoms with Gasteiger partial charge >= 0.3 is 0 Å². The van der Waals surface area contributed by atoms with Crippen LogP contribution in [0.3, 0.4) is 0 Å². The Bertz CT molecular complexity index is 742. The molecule has 6 heteroatoms. The number of aromatic nitrogens is 2. The Kier molecular flexibility index (Phi) is 5.58. The van der Waals surface area contributed by atoms with E-state index in [0.717, 1.165) is 31.7 Å². The molecule has 1 aliphatic rings. The van der Waals surface area contributed by atoms with Gasteiger partial charge in [-0.2, -0.15) is 0 Å². The van der Waals surface area contributed by atoms with Crippen molar-refractivity contribution in [1.82, 2.24) is 15.3 Å². The van der Waals surface area contributed by atoms with E-state index < -0.39 is 0 Å². The molecule has 0 unspecified atom stereocenters. The first-order chi connectivity index (χ1) is 12.1. The maximum absolute atomic E-state index is 13.7. The van der Waals surface area contributed by atoms with Crippen LogP contribution >= 0.6 is 0 Å². The fourth-order valence-electron chi connectivity index (χ4n) is 3.04. The molecule has 1 aromatic carbocycles. The second-order valence-electron chi connectivity index (χ2n) is 6.33. The van der Waals surface area contributed by atoms with Gasteiger partial charge in [-0.15, -0.1) is 0 Å². The van der Waals surface area contributed by atoms with Crippen molar-refractivity contribution < 1.29 is 9.18 Å². The van der Waals surface area contributed by atoms with Gasteiger partial charge in [0.1, 0.15) is 23.2 Å². The summed E-state index contributed by atoms with van der Waals surface area (Å²) in [6, 6.07) is 8.14. The van der Waals surface area contributed by atoms with Crippen LogP contribution in [0.5, 0.6) is 0 Å². The molecular weight excluding hydrogens is 319 g/mol. The topological polar surface area (TPSA) is 58.1 Å². The Labute approximate surface area is 147 Å². The van der Waals surface area contributed by atoms with Gasteiger partial charge in [0.2, 0.25) is 0 Å². The number of hydrogen-bond donors (Lipinski definition) is 1. The van der Waals surface area contributed by atoms with Gasteiger partial charge in [-0.25, -0.2) is 14.4 Å². The largest absolute Gasteiger partial charge is 0.356 e. The number of rotatable bonds is 4. The highest BCUT2D eigenvalue weighted by Crippen LogP contribution is 2.18. The lowest BCUT2D eigenvalue weighted by molar-refractivity contribution is 0.0945. The maximum Gasteiger partial charge on any atom is 0.270 e. The fraction of sp³-hybridized carbons (Fsp3) is 0.421. The first-order valence-electron chi connectivity index (χ1n) is 8.76. The number of carbonyl (C=O) groups excluding carboxylic acids is 1. The number of aryl methyl sites for hydroxylation is 1. The van der Waals surface area contributed by atoms with Crippen LogP contribution < -0.4 is 10.2 Å². The molecule has 1 saturated heterocycles. The molecule has 0 spiro atoms. The second kappa shape index (κ2) is 8.05. The highest BCUT2D eigenvalue weighted by atomic mass is 19.1. The minimum atomic E-state index is -0.327. The lowest BCUT2D eigenvalue weighted by Gasteiger charge is -2.22. The summed E-state index contributed by atoms with van der Waals surface area (Å²) in [5.41, 5.74) is 0.775. The van der Waals surface area contributed by atoms with Crippen molar-refractivity contribution in [3.63, 3.8) is 0 Å². The molecule has 5 nitrogen and oxygen atoms in total. The summed E-state index contributed by atoms with van der Waals surface area (Å²) >= 11 is 0. The number of nitrogens with one attached hydrogen (secondary N) is 1. The molecule has 0 radical (unpaired) electrons. The minimum absolute atomic E-state index is 0.133. The molecule has 1 amide bonds. The summed E-state index contributed by atoms with van der Waals surface area (Å²) in [7, 11) is 0. The first-order valence-corrected chi connectivity index (χ1v) is 8.76. The molecule has 2 heterocycles. The van der Waals surface area contributed by atoms with Crippen LogP contribution in [0.2, 0.25) is 0 Å². The van der Waals surface area contributed by atoms with Crippen molar-refractivity contribution in [2.45, 2.75) is 39.2 Å². The molecule has 0 saturated carbocycles. The van der Waals surface area contributed by atoms with Crippen LogP contribution in [-0.2, 0) is 6.54 Å². The molecule has 1 N–H and O–H groups in total. The summed E-state index contributed by atoms with van der Waals surface area (Å²) in [4.78, 5) is 23.4. The monoisotopic (exact) mass is 342 g/mol. The van der Waals surface area contributed by atoms with E-state index in [-0.39, 0.29) is 18.3 Å². The van der Waals surface area contributed by atoms with Gasteiger partial charge in [-0.1, -0.05) is 31.0 Å². The van der Waals surface area contributed by atoms with E-state index in [0.29, 0.717) is 17.1 Å². The number of halogens is 1. The number of amides is 1. The van der Waals surface area contributed by atoms with E-state index in [4.69, 9.17) is 0 Å². The Morgan fingerprint density at radius 3 is 2.60 bits per heavy atom. The summed E-state index contributed by atoms with van der Waals surface area (Å²) in [5.74, 6) is 0.722. The van der Waals surface area contributed by atoms with Crippen molar-refractivity contribution in [2.75, 3.05) is 18.0 Å². The average Bonchev–Trinajstić information content (AvgIpc) is 2.89. The fourth-order valence-corrected chi connectivity index (χ4v) is 3.04. The zero-order valence-electron chi connectivity index (χ0n) is 14.5. The third-order valence-corrected chi connectivity index (χ3v) is 4.38. The third kappa shape index (κ3) is 4.53. The number of hydrogen-bond acceptors (Lipinski definition) is 4. The molecule has 1 aromatic heterocycles. The molecule has 3 rings (SSSR count). The van der Waals surface area contributed by atoms with E-state index in [1.807, 2.05) is 0 Å². The summed E-state index contributed by atoms with van der Waals surface area (Å²) in [6.45, 7) is 3.82. The van der Waals surface area contributed by atoms with Gasteiger partial charge in [0.05, 0.1) is 0 Å². The zero-order chi connectivity index (χ0) is 17.6. The van der Waals surface area contributed by atoms with Gasteiger partial charge in [-0.3, -0.25) is 4.79 Å². The van der Waals surface area contributed by atoms with Crippen molar-refractivity contribution in [3.05, 3.63) is 53.2 Å². The first kappa shape index (κ1) is 17.3. The normalized spacial score (nSPS) is 14.9. The van der Waals surface area contributed by atoms with Crippen LogP contribution in [-0.4, -0.2) is 29.0 Å². The number of anilines is 1. The van der Waals surface area contributed by atoms with E-state index in [1.54, 1.807) is 31.2 Å². The van der Waals surface area contributed by atoms with Crippen LogP contribution in [0.4, 0.5) is 10.2 Å². The third-order valence-electron chi connectivity index (χ3n) is 4.38. The molecule has 1 aliphatic heterocycles. The highest BCUT2D eigenvalue weighted by Gasteiger charge is 2.16. The SMILES string of the molecule is Cc1nc(C(=O)NCc2ccccc2F)cc(N2CCCCCC2)n1. The van der Waals surface area contributed by atoms with Crippen molar-refractivity contribution in [2.24, 2.45) is 0 Å². The van der Waals surface area contributed by atoms with Crippen LogP contribution in [0.15, 0.2) is 30.3 Å². The van der Waals surface area contributed by atoms with Gasteiger partial charge < -0.3 is 10.2 Å². The molecule has 1 fully saturated rings. The second-order valence-corrected chi connectivity index (χ2v) is 6.33. The van der Waals surface area contributed by atoms with Crippen molar-refractivity contribution >= 4 is 11.7 Å². The predicted molar refractivity (Wildman–Crippen MR) is 95.0 cm³/mol. The van der Waals surface area contributed by atoms with Gasteiger partial charge in [0.25, 0.3) is 5.91 Å². The molecule has 25 heavy (non-hydrogen) atoms. The van der Waals surface area contributed by atoms with Gasteiger partial charge in [-0.05, 0) is 25.8 Å². The van der Waals surface area contributed by atoms with Crippen molar-refractivity contribution in [3.8, 4) is 0 Å². The minimum Gasteiger partial charge on any atom is -0.356 e. The predicted octanol–water partition coefficient (Wildman–Crippen LogP) is 3.23. The van der Waals surface area contributed by atoms with Gasteiger partial charge in [0.15, 0.2) is 0 Å². The Morgan fingerprint density at radius 2 is 1.88 bits per heavy atom. The van der Waals surface area contributed by atoms with E-state index in [9.17, 15) is 9.18 Å². The van der Waals surface area contributed by atoms with E-state index in [1.165, 1.54) is 18.9 Å². The number of nitrogens with zero attached hydrogens (tertiary/aromatic N) is 3. The van der Waals surface area contributed by atoms with Crippen LogP contribution in [0.1, 0.15) is 47.6 Å². The smallest absolute Gasteiger partial charge is 0.270 e. The summed E-state index contributed by atoms with van der Waals surface area (Å²) in [6.07, 6.45) is 4.74. The summed E-state index contributed by atoms with van der Waals surface area (Å²) < 4.78 is 13.7. The molecule has 2 aromatic rings. The van der Waals surface area contributed by atoms with E-state index in [2.05, 4.69) is 20.2 Å². The average molecular weight is 342 g/mol. The molecule has 0 bridgehead atoms. The van der Waals surface area contributed by atoms with Crippen LogP contribution in [0.25, 0.3) is 0 Å². The van der Waals surface area contributed by atoms with Crippen LogP contribution in [0, 0.1) is 12.7 Å². The highest BCUT2D eigenvalue weighted by molar-refractivity contribution is 5.92. The van der Waals surface area contributed by atoms with Gasteiger partial charge in [0, 0.05) is 31.3 Å². The standard InChI is InChI=1S/C19H23FN4O/c1-14-22-17(12-18(23-14)24-10-6-2-3-7-11-24)19(25)21-13-15-8-4-5-9-16(15)20/h4-5,8-9,12H,2-3,6-7,10-11,13H2,1H3,(H,21,25). The molecular formula is C19H23FN4O. The Hall–Kier alpha value is -2.50. The quantitative estimate of drug-likeness (QED) is 0.927. The molecule has 0 atom stereocenters. The molecule has 0 aliphatic carbocycles. The molecule has 132 valence electrons. The number of benzene rings is 1. The Balaban J connectivity index is 1.72. The maximum atomic E-state index is 13.7. The number of carbonyl (C=O) groups is 1. The Morgan fingerprint density at radius 1 is 1.16 bits per heavy atom. The zero-order valence-corrected chi connectivity index (χ0v) is 14.5. The lowest BCUT2D eigenvalue weighted by Crippen LogP contribution is -2.28. The lowest BCUT2D eigenvalue weighted by atomic mass is 10.2.